The van der Waals surface area contributed by atoms with E-state index in [1.165, 1.54) is 42.5 Å². The van der Waals surface area contributed by atoms with Gasteiger partial charge in [0, 0.05) is 23.4 Å². The van der Waals surface area contributed by atoms with E-state index in [-0.39, 0.29) is 28.3 Å². The summed E-state index contributed by atoms with van der Waals surface area (Å²) in [5.41, 5.74) is 0.163. The first kappa shape index (κ1) is 20.7. The molecule has 8 nitrogen and oxygen atoms in total. The Labute approximate surface area is 180 Å². The molecule has 1 atom stereocenters. The zero-order chi connectivity index (χ0) is 23.0. The first-order valence-electron chi connectivity index (χ1n) is 9.38. The van der Waals surface area contributed by atoms with Crippen LogP contribution in [0, 0.1) is 15.9 Å². The number of ketones is 1. The number of non-ortho nitro benzene ring substituents is 1. The normalized spacial score (nSPS) is 17.5. The monoisotopic (exact) mass is 434 g/mol. The highest BCUT2D eigenvalue weighted by atomic mass is 19.1. The number of aliphatic hydroxyl groups is 1. The average molecular weight is 434 g/mol. The second-order valence-electron chi connectivity index (χ2n) is 7.04. The molecule has 3 aromatic carbocycles. The van der Waals surface area contributed by atoms with Crippen LogP contribution in [0.2, 0.25) is 0 Å². The Hall–Kier alpha value is -4.53. The Morgan fingerprint density at radius 1 is 1.00 bits per heavy atom. The van der Waals surface area contributed by atoms with E-state index in [0.717, 1.165) is 29.2 Å². The zero-order valence-electron chi connectivity index (χ0n) is 16.3. The second kappa shape index (κ2) is 7.95. The molecule has 0 radical (unpaired) electrons. The molecule has 4 rings (SSSR count). The number of hydrogen-bond donors (Lipinski definition) is 2. The molecule has 1 saturated heterocycles. The van der Waals surface area contributed by atoms with E-state index in [0.29, 0.717) is 5.56 Å². The molecule has 0 aromatic heterocycles. The summed E-state index contributed by atoms with van der Waals surface area (Å²) in [5.74, 6) is -3.13. The lowest BCUT2D eigenvalue weighted by Crippen LogP contribution is -2.29. The lowest BCUT2D eigenvalue weighted by molar-refractivity contribution is -0.384. The molecule has 1 unspecified atom stereocenters. The van der Waals surface area contributed by atoms with E-state index in [9.17, 15) is 34.3 Å². The fourth-order valence-electron chi connectivity index (χ4n) is 3.61. The van der Waals surface area contributed by atoms with Crippen molar-refractivity contribution in [2.45, 2.75) is 6.04 Å². The number of phenols is 1. The molecule has 0 aliphatic carbocycles. The van der Waals surface area contributed by atoms with Crippen LogP contribution in [-0.4, -0.2) is 26.8 Å². The molecule has 2 N–H and O–H groups in total. The molecule has 1 heterocycles. The molecule has 32 heavy (non-hydrogen) atoms. The Bertz CT molecular complexity index is 1270. The van der Waals surface area contributed by atoms with Crippen LogP contribution in [0.5, 0.6) is 5.75 Å². The van der Waals surface area contributed by atoms with Crippen molar-refractivity contribution in [2.75, 3.05) is 4.90 Å². The van der Waals surface area contributed by atoms with Crippen molar-refractivity contribution in [3.05, 3.63) is 105 Å². The third-order valence-corrected chi connectivity index (χ3v) is 5.09. The van der Waals surface area contributed by atoms with Crippen LogP contribution in [0.1, 0.15) is 17.2 Å². The molecule has 0 saturated carbocycles. The number of aliphatic hydroxyl groups excluding tert-OH is 1. The number of carbonyl (C=O) groups excluding carboxylic acids is 2. The maximum atomic E-state index is 13.4. The first-order valence-corrected chi connectivity index (χ1v) is 9.38. The number of hydrogen-bond acceptors (Lipinski definition) is 6. The van der Waals surface area contributed by atoms with Gasteiger partial charge in [0.2, 0.25) is 0 Å². The van der Waals surface area contributed by atoms with E-state index in [2.05, 4.69) is 0 Å². The number of anilines is 1. The fourth-order valence-corrected chi connectivity index (χ4v) is 3.61. The first-order chi connectivity index (χ1) is 15.3. The van der Waals surface area contributed by atoms with E-state index in [1.807, 2.05) is 0 Å². The largest absolute Gasteiger partial charge is 0.508 e. The van der Waals surface area contributed by atoms with Crippen LogP contribution in [-0.2, 0) is 9.59 Å². The number of benzene rings is 3. The summed E-state index contributed by atoms with van der Waals surface area (Å²) in [6, 6.07) is 14.5. The van der Waals surface area contributed by atoms with Gasteiger partial charge in [-0.05, 0) is 54.1 Å². The Morgan fingerprint density at radius 2 is 1.66 bits per heavy atom. The van der Waals surface area contributed by atoms with Gasteiger partial charge in [0.05, 0.1) is 16.5 Å². The summed E-state index contributed by atoms with van der Waals surface area (Å²) in [7, 11) is 0. The van der Waals surface area contributed by atoms with Gasteiger partial charge in [-0.25, -0.2) is 4.39 Å². The van der Waals surface area contributed by atoms with Gasteiger partial charge in [0.1, 0.15) is 17.3 Å². The summed E-state index contributed by atoms with van der Waals surface area (Å²) >= 11 is 0. The molecule has 1 amide bonds. The number of nitro groups is 1. The van der Waals surface area contributed by atoms with Gasteiger partial charge in [-0.1, -0.05) is 12.1 Å². The van der Waals surface area contributed by atoms with Crippen LogP contribution in [0.15, 0.2) is 78.4 Å². The van der Waals surface area contributed by atoms with Gasteiger partial charge >= 0.3 is 0 Å². The molecule has 9 heteroatoms. The number of halogens is 1. The topological polar surface area (TPSA) is 121 Å². The third-order valence-electron chi connectivity index (χ3n) is 5.09. The molecule has 1 aliphatic heterocycles. The highest BCUT2D eigenvalue weighted by Gasteiger charge is 2.47. The van der Waals surface area contributed by atoms with E-state index < -0.39 is 34.2 Å². The van der Waals surface area contributed by atoms with E-state index in [4.69, 9.17) is 0 Å². The molecule has 0 spiro atoms. The predicted molar refractivity (Wildman–Crippen MR) is 112 cm³/mol. The Balaban J connectivity index is 1.92. The van der Waals surface area contributed by atoms with Crippen molar-refractivity contribution in [1.29, 1.82) is 0 Å². The minimum absolute atomic E-state index is 0.0952. The molecular weight excluding hydrogens is 419 g/mol. The van der Waals surface area contributed by atoms with Crippen LogP contribution >= 0.6 is 0 Å². The predicted octanol–water partition coefficient (Wildman–Crippen LogP) is 4.07. The summed E-state index contributed by atoms with van der Waals surface area (Å²) in [6.07, 6.45) is 0. The minimum Gasteiger partial charge on any atom is -0.508 e. The number of carbonyl (C=O) groups is 2. The van der Waals surface area contributed by atoms with Gasteiger partial charge in [0.15, 0.2) is 0 Å². The smallest absolute Gasteiger partial charge is 0.300 e. The van der Waals surface area contributed by atoms with Gasteiger partial charge in [-0.3, -0.25) is 24.6 Å². The maximum absolute atomic E-state index is 13.4. The van der Waals surface area contributed by atoms with Crippen LogP contribution in [0.4, 0.5) is 15.8 Å². The minimum atomic E-state index is -1.12. The zero-order valence-corrected chi connectivity index (χ0v) is 16.3. The van der Waals surface area contributed by atoms with Crippen molar-refractivity contribution in [3.8, 4) is 5.75 Å². The summed E-state index contributed by atoms with van der Waals surface area (Å²) in [6.45, 7) is 0. The molecular formula is C23H15FN2O6. The number of nitrogens with zero attached hydrogens (tertiary/aromatic N) is 2. The lowest BCUT2D eigenvalue weighted by Gasteiger charge is -2.25. The van der Waals surface area contributed by atoms with Gasteiger partial charge in [-0.2, -0.15) is 0 Å². The SMILES string of the molecule is O=C1C(=O)N(c2ccc(F)cc2)C(c2cccc(O)c2)/C1=C(/O)c1ccc([N+](=O)[O-])cc1. The number of amides is 1. The molecule has 0 bridgehead atoms. The Kier molecular flexibility index (Phi) is 5.15. The van der Waals surface area contributed by atoms with Crippen molar-refractivity contribution < 1.29 is 29.1 Å². The van der Waals surface area contributed by atoms with E-state index >= 15 is 0 Å². The van der Waals surface area contributed by atoms with Crippen LogP contribution in [0.25, 0.3) is 5.76 Å². The van der Waals surface area contributed by atoms with Crippen molar-refractivity contribution >= 4 is 28.8 Å². The molecule has 1 fully saturated rings. The third kappa shape index (κ3) is 3.56. The number of phenolic OH excluding ortho intramolecular Hbond substituents is 1. The van der Waals surface area contributed by atoms with Gasteiger partial charge < -0.3 is 10.2 Å². The Morgan fingerprint density at radius 3 is 2.25 bits per heavy atom. The van der Waals surface area contributed by atoms with Crippen molar-refractivity contribution in [2.24, 2.45) is 0 Å². The second-order valence-corrected chi connectivity index (χ2v) is 7.04. The number of nitro benzene ring substituents is 1. The highest BCUT2D eigenvalue weighted by Crippen LogP contribution is 2.42. The molecule has 160 valence electrons. The standard InChI is InChI=1S/C23H15FN2O6/c24-15-6-10-16(11-7-15)25-20(14-2-1-3-18(27)12-14)19(22(29)23(25)30)21(28)13-4-8-17(9-5-13)26(31)32/h1-12,20,27-28H/b21-19-. The van der Waals surface area contributed by atoms with Crippen LogP contribution in [0.3, 0.4) is 0 Å². The maximum Gasteiger partial charge on any atom is 0.300 e. The summed E-state index contributed by atoms with van der Waals surface area (Å²) in [5, 5.41) is 31.8. The summed E-state index contributed by atoms with van der Waals surface area (Å²) < 4.78 is 13.4. The quantitative estimate of drug-likeness (QED) is 0.210. The lowest BCUT2D eigenvalue weighted by atomic mass is 9.95. The average Bonchev–Trinajstić information content (AvgIpc) is 3.04. The number of rotatable bonds is 4. The van der Waals surface area contributed by atoms with Crippen LogP contribution < -0.4 is 4.90 Å². The fraction of sp³-hybridized carbons (Fsp3) is 0.0435. The molecule has 3 aromatic rings. The summed E-state index contributed by atoms with van der Waals surface area (Å²) in [4.78, 5) is 37.3. The molecule has 1 aliphatic rings. The van der Waals surface area contributed by atoms with Gasteiger partial charge in [-0.15, -0.1) is 0 Å². The van der Waals surface area contributed by atoms with Gasteiger partial charge in [0.25, 0.3) is 17.4 Å². The number of Topliss-reactive ketones (excluding diaryl/α,β-unsaturated/α-hetero) is 1. The highest BCUT2D eigenvalue weighted by molar-refractivity contribution is 6.51. The number of aromatic hydroxyl groups is 1. The van der Waals surface area contributed by atoms with E-state index in [1.54, 1.807) is 6.07 Å². The van der Waals surface area contributed by atoms with Crippen molar-refractivity contribution in [1.82, 2.24) is 0 Å². The van der Waals surface area contributed by atoms with Crippen molar-refractivity contribution in [3.63, 3.8) is 0 Å².